The van der Waals surface area contributed by atoms with Gasteiger partial charge in [-0.3, -0.25) is 4.79 Å². The van der Waals surface area contributed by atoms with Gasteiger partial charge in [0.15, 0.2) is 6.10 Å². The minimum absolute atomic E-state index is 0.0463. The Labute approximate surface area is 138 Å². The van der Waals surface area contributed by atoms with E-state index in [0.29, 0.717) is 17.3 Å². The Balaban J connectivity index is 1.99. The zero-order chi connectivity index (χ0) is 15.4. The van der Waals surface area contributed by atoms with Crippen molar-refractivity contribution in [2.75, 3.05) is 19.7 Å². The number of piperidine rings is 1. The quantitative estimate of drug-likeness (QED) is 0.878. The van der Waals surface area contributed by atoms with Crippen LogP contribution in [0.25, 0.3) is 0 Å². The molecule has 1 amide bonds. The minimum Gasteiger partial charge on any atom is -0.480 e. The van der Waals surface area contributed by atoms with Gasteiger partial charge in [-0.25, -0.2) is 0 Å². The summed E-state index contributed by atoms with van der Waals surface area (Å²) in [6.45, 7) is 3.20. The highest BCUT2D eigenvalue weighted by Crippen LogP contribution is 2.29. The number of halogens is 2. The molecule has 0 bridgehead atoms. The molecule has 21 heavy (non-hydrogen) atoms. The molecule has 0 saturated carbocycles. The Hall–Kier alpha value is -0.780. The number of carbonyl (C=O) groups excluding carboxylic acids is 1. The summed E-state index contributed by atoms with van der Waals surface area (Å²) in [6, 6.07) is 5.20. The standard InChI is InChI=1S/C15H19BrClNO3/c1-10(21-14-5-4-12(17)7-13(14)16)15(20)18-6-2-3-11(8-18)9-19/h4-5,7,10-11,19H,2-3,6,8-9H2,1H3. The van der Waals surface area contributed by atoms with Gasteiger partial charge in [-0.1, -0.05) is 11.6 Å². The molecule has 1 aliphatic heterocycles. The number of hydrogen-bond donors (Lipinski definition) is 1. The second-order valence-corrected chi connectivity index (χ2v) is 6.60. The summed E-state index contributed by atoms with van der Waals surface area (Å²) in [6.07, 6.45) is 1.33. The number of amides is 1. The van der Waals surface area contributed by atoms with Crippen LogP contribution in [0, 0.1) is 5.92 Å². The summed E-state index contributed by atoms with van der Waals surface area (Å²) in [4.78, 5) is 14.2. The Morgan fingerprint density at radius 1 is 1.62 bits per heavy atom. The number of nitrogens with zero attached hydrogens (tertiary/aromatic N) is 1. The lowest BCUT2D eigenvalue weighted by atomic mass is 9.99. The van der Waals surface area contributed by atoms with Crippen molar-refractivity contribution >= 4 is 33.4 Å². The number of aliphatic hydroxyl groups excluding tert-OH is 1. The van der Waals surface area contributed by atoms with Gasteiger partial charge in [0.2, 0.25) is 0 Å². The summed E-state index contributed by atoms with van der Waals surface area (Å²) < 4.78 is 6.45. The van der Waals surface area contributed by atoms with Crippen molar-refractivity contribution < 1.29 is 14.6 Å². The Morgan fingerprint density at radius 3 is 3.05 bits per heavy atom. The van der Waals surface area contributed by atoms with Gasteiger partial charge >= 0.3 is 0 Å². The molecule has 116 valence electrons. The highest BCUT2D eigenvalue weighted by atomic mass is 79.9. The smallest absolute Gasteiger partial charge is 0.263 e. The van der Waals surface area contributed by atoms with Gasteiger partial charge in [0.1, 0.15) is 5.75 Å². The molecule has 2 unspecified atom stereocenters. The topological polar surface area (TPSA) is 49.8 Å². The minimum atomic E-state index is -0.570. The fourth-order valence-corrected chi connectivity index (χ4v) is 3.26. The van der Waals surface area contributed by atoms with Crippen LogP contribution in [0.1, 0.15) is 19.8 Å². The average molecular weight is 377 g/mol. The lowest BCUT2D eigenvalue weighted by Crippen LogP contribution is -2.46. The zero-order valence-corrected chi connectivity index (χ0v) is 14.2. The van der Waals surface area contributed by atoms with Gasteiger partial charge in [-0.15, -0.1) is 0 Å². The van der Waals surface area contributed by atoms with E-state index in [-0.39, 0.29) is 18.4 Å². The van der Waals surface area contributed by atoms with Crippen LogP contribution in [-0.2, 0) is 4.79 Å². The first-order valence-corrected chi connectivity index (χ1v) is 8.19. The zero-order valence-electron chi connectivity index (χ0n) is 11.9. The molecule has 4 nitrogen and oxygen atoms in total. The molecule has 1 saturated heterocycles. The van der Waals surface area contributed by atoms with Crippen molar-refractivity contribution in [3.63, 3.8) is 0 Å². The first-order chi connectivity index (χ1) is 10.0. The summed E-state index contributed by atoms with van der Waals surface area (Å²) in [5.74, 6) is 0.725. The maximum atomic E-state index is 12.4. The molecule has 1 aliphatic rings. The molecule has 6 heteroatoms. The van der Waals surface area contributed by atoms with Gasteiger partial charge < -0.3 is 14.7 Å². The highest BCUT2D eigenvalue weighted by Gasteiger charge is 2.27. The van der Waals surface area contributed by atoms with E-state index < -0.39 is 6.10 Å². The summed E-state index contributed by atoms with van der Waals surface area (Å²) >= 11 is 9.26. The van der Waals surface area contributed by atoms with Crippen LogP contribution in [0.5, 0.6) is 5.75 Å². The average Bonchev–Trinajstić information content (AvgIpc) is 2.49. The van der Waals surface area contributed by atoms with Crippen molar-refractivity contribution in [3.05, 3.63) is 27.7 Å². The molecule has 1 fully saturated rings. The maximum absolute atomic E-state index is 12.4. The summed E-state index contributed by atoms with van der Waals surface area (Å²) in [7, 11) is 0. The van der Waals surface area contributed by atoms with E-state index >= 15 is 0 Å². The number of ether oxygens (including phenoxy) is 1. The van der Waals surface area contributed by atoms with E-state index in [4.69, 9.17) is 16.3 Å². The van der Waals surface area contributed by atoms with Crippen LogP contribution in [-0.4, -0.2) is 41.7 Å². The number of hydrogen-bond acceptors (Lipinski definition) is 3. The van der Waals surface area contributed by atoms with Crippen molar-refractivity contribution in [2.24, 2.45) is 5.92 Å². The molecule has 1 heterocycles. The van der Waals surface area contributed by atoms with Crippen LogP contribution >= 0.6 is 27.5 Å². The number of benzene rings is 1. The number of rotatable bonds is 4. The first kappa shape index (κ1) is 16.6. The molecule has 0 radical (unpaired) electrons. The number of aliphatic hydroxyl groups is 1. The predicted octanol–water partition coefficient (Wildman–Crippen LogP) is 3.10. The van der Waals surface area contributed by atoms with Crippen LogP contribution in [0.4, 0.5) is 0 Å². The van der Waals surface area contributed by atoms with E-state index in [1.807, 2.05) is 0 Å². The van der Waals surface area contributed by atoms with Crippen LogP contribution in [0.3, 0.4) is 0 Å². The molecular formula is C15H19BrClNO3. The molecule has 1 aromatic rings. The predicted molar refractivity (Wildman–Crippen MR) is 85.6 cm³/mol. The Kier molecular flexibility index (Phi) is 5.90. The van der Waals surface area contributed by atoms with Crippen LogP contribution in [0.15, 0.2) is 22.7 Å². The van der Waals surface area contributed by atoms with E-state index in [1.54, 1.807) is 30.0 Å². The van der Waals surface area contributed by atoms with Gasteiger partial charge in [0.05, 0.1) is 4.47 Å². The first-order valence-electron chi connectivity index (χ1n) is 7.02. The van der Waals surface area contributed by atoms with Crippen molar-refractivity contribution in [1.82, 2.24) is 4.90 Å². The second kappa shape index (κ2) is 7.47. The molecular weight excluding hydrogens is 358 g/mol. The van der Waals surface area contributed by atoms with E-state index in [9.17, 15) is 9.90 Å². The fraction of sp³-hybridized carbons (Fsp3) is 0.533. The molecule has 0 spiro atoms. The molecule has 0 aliphatic carbocycles. The lowest BCUT2D eigenvalue weighted by molar-refractivity contribution is -0.140. The molecule has 2 rings (SSSR count). The van der Waals surface area contributed by atoms with Gasteiger partial charge in [-0.2, -0.15) is 0 Å². The number of carbonyl (C=O) groups is 1. The summed E-state index contributed by atoms with van der Waals surface area (Å²) in [5.41, 5.74) is 0. The third-order valence-corrected chi connectivity index (χ3v) is 4.49. The van der Waals surface area contributed by atoms with E-state index in [1.165, 1.54) is 0 Å². The third kappa shape index (κ3) is 4.34. The molecule has 2 atom stereocenters. The summed E-state index contributed by atoms with van der Waals surface area (Å²) in [5, 5.41) is 9.85. The Bertz CT molecular complexity index is 512. The van der Waals surface area contributed by atoms with Gasteiger partial charge in [0.25, 0.3) is 5.91 Å². The second-order valence-electron chi connectivity index (χ2n) is 5.31. The Morgan fingerprint density at radius 2 is 2.38 bits per heavy atom. The maximum Gasteiger partial charge on any atom is 0.263 e. The molecule has 0 aromatic heterocycles. The largest absolute Gasteiger partial charge is 0.480 e. The van der Waals surface area contributed by atoms with Crippen LogP contribution in [0.2, 0.25) is 5.02 Å². The normalized spacial score (nSPS) is 20.2. The lowest BCUT2D eigenvalue weighted by Gasteiger charge is -2.33. The molecule has 1 aromatic carbocycles. The van der Waals surface area contributed by atoms with Gasteiger partial charge in [0, 0.05) is 24.7 Å². The SMILES string of the molecule is CC(Oc1ccc(Cl)cc1Br)C(=O)N1CCCC(CO)C1. The van der Waals surface area contributed by atoms with E-state index in [0.717, 1.165) is 23.9 Å². The third-order valence-electron chi connectivity index (χ3n) is 3.63. The van der Waals surface area contributed by atoms with Crippen molar-refractivity contribution in [3.8, 4) is 5.75 Å². The highest BCUT2D eigenvalue weighted by molar-refractivity contribution is 9.10. The van der Waals surface area contributed by atoms with E-state index in [2.05, 4.69) is 15.9 Å². The van der Waals surface area contributed by atoms with Crippen LogP contribution < -0.4 is 4.74 Å². The molecule has 1 N–H and O–H groups in total. The van der Waals surface area contributed by atoms with Crippen molar-refractivity contribution in [2.45, 2.75) is 25.9 Å². The van der Waals surface area contributed by atoms with Crippen molar-refractivity contribution in [1.29, 1.82) is 0 Å². The number of likely N-dealkylation sites (tertiary alicyclic amines) is 1. The monoisotopic (exact) mass is 375 g/mol. The fourth-order valence-electron chi connectivity index (χ4n) is 2.48. The van der Waals surface area contributed by atoms with Gasteiger partial charge in [-0.05, 0) is 59.8 Å².